The zero-order chi connectivity index (χ0) is 13.4. The molecule has 6 heteroatoms. The van der Waals surface area contributed by atoms with Crippen molar-refractivity contribution in [3.05, 3.63) is 40.0 Å². The summed E-state index contributed by atoms with van der Waals surface area (Å²) in [5.41, 5.74) is 0.503. The lowest BCUT2D eigenvalue weighted by Crippen LogP contribution is -2.24. The van der Waals surface area contributed by atoms with Gasteiger partial charge in [-0.2, -0.15) is 0 Å². The van der Waals surface area contributed by atoms with Gasteiger partial charge in [0, 0.05) is 10.9 Å². The number of furan rings is 1. The van der Waals surface area contributed by atoms with Crippen molar-refractivity contribution in [1.82, 2.24) is 9.55 Å². The molecular weight excluding hydrogens is 267 g/mol. The molecule has 0 saturated heterocycles. The van der Waals surface area contributed by atoms with E-state index in [1.807, 2.05) is 5.38 Å². The SMILES string of the molecule is Cc1nc2scc(-c3ccco3)c2c(=O)n1CCF. The largest absolute Gasteiger partial charge is 0.464 e. The predicted molar refractivity (Wildman–Crippen MR) is 72.3 cm³/mol. The van der Waals surface area contributed by atoms with Gasteiger partial charge in [0.25, 0.3) is 5.56 Å². The van der Waals surface area contributed by atoms with Crippen molar-refractivity contribution >= 4 is 21.6 Å². The highest BCUT2D eigenvalue weighted by Gasteiger charge is 2.16. The number of halogens is 1. The summed E-state index contributed by atoms with van der Waals surface area (Å²) < 4.78 is 19.2. The maximum atomic E-state index is 12.5. The lowest BCUT2D eigenvalue weighted by molar-refractivity contribution is 0.435. The summed E-state index contributed by atoms with van der Waals surface area (Å²) in [5.74, 6) is 1.16. The Morgan fingerprint density at radius 2 is 2.37 bits per heavy atom. The molecule has 3 rings (SSSR count). The predicted octanol–water partition coefficient (Wildman–Crippen LogP) is 3.00. The first-order valence-corrected chi connectivity index (χ1v) is 6.69. The number of fused-ring (bicyclic) bond motifs is 1. The van der Waals surface area contributed by atoms with Crippen LogP contribution < -0.4 is 5.56 Å². The first-order chi connectivity index (χ1) is 9.22. The van der Waals surface area contributed by atoms with E-state index in [0.29, 0.717) is 21.8 Å². The van der Waals surface area contributed by atoms with E-state index < -0.39 is 6.67 Å². The summed E-state index contributed by atoms with van der Waals surface area (Å²) in [5, 5.41) is 2.34. The second-order valence-electron chi connectivity index (χ2n) is 4.11. The van der Waals surface area contributed by atoms with Crippen LogP contribution in [0, 0.1) is 6.92 Å². The standard InChI is InChI=1S/C13H11FN2O2S/c1-8-15-12-11(13(17)16(8)5-4-14)9(7-19-12)10-3-2-6-18-10/h2-3,6-7H,4-5H2,1H3. The van der Waals surface area contributed by atoms with Crippen molar-refractivity contribution in [2.45, 2.75) is 13.5 Å². The Balaban J connectivity index is 2.33. The lowest BCUT2D eigenvalue weighted by atomic mass is 10.2. The molecule has 3 aromatic rings. The Bertz CT molecular complexity index is 774. The van der Waals surface area contributed by atoms with Crippen molar-refractivity contribution < 1.29 is 8.81 Å². The van der Waals surface area contributed by atoms with Crippen LogP contribution in [-0.2, 0) is 6.54 Å². The van der Waals surface area contributed by atoms with E-state index in [1.54, 1.807) is 25.3 Å². The molecule has 0 saturated carbocycles. The third kappa shape index (κ3) is 1.88. The number of thiophene rings is 1. The average molecular weight is 278 g/mol. The van der Waals surface area contributed by atoms with E-state index in [2.05, 4.69) is 4.98 Å². The Morgan fingerprint density at radius 1 is 1.53 bits per heavy atom. The van der Waals surface area contributed by atoms with Crippen LogP contribution in [0.4, 0.5) is 4.39 Å². The van der Waals surface area contributed by atoms with Crippen LogP contribution in [0.15, 0.2) is 33.0 Å². The number of rotatable bonds is 3. The van der Waals surface area contributed by atoms with Crippen LogP contribution >= 0.6 is 11.3 Å². The van der Waals surface area contributed by atoms with E-state index >= 15 is 0 Å². The Hall–Kier alpha value is -1.95. The topological polar surface area (TPSA) is 48.0 Å². The molecule has 0 bridgehead atoms. The monoisotopic (exact) mass is 278 g/mol. The molecule has 3 heterocycles. The molecule has 19 heavy (non-hydrogen) atoms. The third-order valence-electron chi connectivity index (χ3n) is 2.98. The first-order valence-electron chi connectivity index (χ1n) is 5.81. The number of nitrogens with zero attached hydrogens (tertiary/aromatic N) is 2. The van der Waals surface area contributed by atoms with Gasteiger partial charge in [-0.05, 0) is 19.1 Å². The maximum absolute atomic E-state index is 12.5. The van der Waals surface area contributed by atoms with Gasteiger partial charge in [0.2, 0.25) is 0 Å². The number of hydrogen-bond acceptors (Lipinski definition) is 4. The molecule has 0 aliphatic carbocycles. The normalized spacial score (nSPS) is 11.3. The number of hydrogen-bond donors (Lipinski definition) is 0. The number of alkyl halides is 1. The second-order valence-corrected chi connectivity index (χ2v) is 4.97. The fourth-order valence-electron chi connectivity index (χ4n) is 2.09. The molecule has 0 aromatic carbocycles. The van der Waals surface area contributed by atoms with Crippen LogP contribution in [0.25, 0.3) is 21.5 Å². The third-order valence-corrected chi connectivity index (χ3v) is 3.85. The van der Waals surface area contributed by atoms with Crippen molar-refractivity contribution in [3.63, 3.8) is 0 Å². The summed E-state index contributed by atoms with van der Waals surface area (Å²) in [6.45, 7) is 1.15. The molecule has 0 aliphatic heterocycles. The molecule has 3 aromatic heterocycles. The zero-order valence-corrected chi connectivity index (χ0v) is 11.0. The van der Waals surface area contributed by atoms with Crippen molar-refractivity contribution in [3.8, 4) is 11.3 Å². The van der Waals surface area contributed by atoms with Crippen molar-refractivity contribution in [1.29, 1.82) is 0 Å². The fraction of sp³-hybridized carbons (Fsp3) is 0.231. The fourth-order valence-corrected chi connectivity index (χ4v) is 3.05. The summed E-state index contributed by atoms with van der Waals surface area (Å²) in [6.07, 6.45) is 1.56. The van der Waals surface area contributed by atoms with E-state index in [0.717, 1.165) is 5.56 Å². The smallest absolute Gasteiger partial charge is 0.263 e. The second kappa shape index (κ2) is 4.62. The van der Waals surface area contributed by atoms with Crippen LogP contribution in [0.2, 0.25) is 0 Å². The summed E-state index contributed by atoms with van der Waals surface area (Å²) in [6, 6.07) is 3.56. The van der Waals surface area contributed by atoms with E-state index in [-0.39, 0.29) is 12.1 Å². The minimum absolute atomic E-state index is 0.0288. The molecule has 4 nitrogen and oxygen atoms in total. The van der Waals surface area contributed by atoms with E-state index in [4.69, 9.17) is 4.42 Å². The van der Waals surface area contributed by atoms with Gasteiger partial charge >= 0.3 is 0 Å². The number of aryl methyl sites for hydroxylation is 1. The van der Waals surface area contributed by atoms with Gasteiger partial charge in [-0.3, -0.25) is 9.36 Å². The van der Waals surface area contributed by atoms with Gasteiger partial charge in [-0.15, -0.1) is 11.3 Å². The molecule has 0 radical (unpaired) electrons. The van der Waals surface area contributed by atoms with Crippen LogP contribution in [0.5, 0.6) is 0 Å². The number of aromatic nitrogens is 2. The molecular formula is C13H11FN2O2S. The van der Waals surface area contributed by atoms with Crippen LogP contribution in [-0.4, -0.2) is 16.2 Å². The highest BCUT2D eigenvalue weighted by atomic mass is 32.1. The van der Waals surface area contributed by atoms with Gasteiger partial charge in [-0.25, -0.2) is 9.37 Å². The zero-order valence-electron chi connectivity index (χ0n) is 10.2. The Morgan fingerprint density at radius 3 is 3.05 bits per heavy atom. The first kappa shape index (κ1) is 12.1. The van der Waals surface area contributed by atoms with Gasteiger partial charge in [0.15, 0.2) is 0 Å². The minimum Gasteiger partial charge on any atom is -0.464 e. The molecule has 0 spiro atoms. The van der Waals surface area contributed by atoms with Crippen LogP contribution in [0.3, 0.4) is 0 Å². The molecule has 0 atom stereocenters. The Kier molecular flexibility index (Phi) is 2.94. The molecule has 0 N–H and O–H groups in total. The van der Waals surface area contributed by atoms with Gasteiger partial charge < -0.3 is 4.42 Å². The maximum Gasteiger partial charge on any atom is 0.263 e. The van der Waals surface area contributed by atoms with Crippen molar-refractivity contribution in [2.24, 2.45) is 0 Å². The summed E-state index contributed by atoms with van der Waals surface area (Å²) in [4.78, 5) is 17.5. The quantitative estimate of drug-likeness (QED) is 0.740. The van der Waals surface area contributed by atoms with Gasteiger partial charge in [0.05, 0.1) is 18.2 Å². The van der Waals surface area contributed by atoms with E-state index in [1.165, 1.54) is 15.9 Å². The molecule has 98 valence electrons. The molecule has 0 unspecified atom stereocenters. The highest BCUT2D eigenvalue weighted by molar-refractivity contribution is 7.17. The van der Waals surface area contributed by atoms with Crippen molar-refractivity contribution in [2.75, 3.05) is 6.67 Å². The Labute approximate surface area is 112 Å². The molecule has 0 fully saturated rings. The molecule has 0 amide bonds. The average Bonchev–Trinajstić information content (AvgIpc) is 3.02. The molecule has 0 aliphatic rings. The van der Waals surface area contributed by atoms with Crippen LogP contribution in [0.1, 0.15) is 5.82 Å². The minimum atomic E-state index is -0.589. The van der Waals surface area contributed by atoms with E-state index in [9.17, 15) is 9.18 Å². The van der Waals surface area contributed by atoms with Gasteiger partial charge in [0.1, 0.15) is 23.1 Å². The van der Waals surface area contributed by atoms with Gasteiger partial charge in [-0.1, -0.05) is 0 Å². The summed E-state index contributed by atoms with van der Waals surface area (Å²) in [7, 11) is 0. The lowest BCUT2D eigenvalue weighted by Gasteiger charge is -2.07. The summed E-state index contributed by atoms with van der Waals surface area (Å²) >= 11 is 1.39. The highest BCUT2D eigenvalue weighted by Crippen LogP contribution is 2.31.